The molecule has 26 heavy (non-hydrogen) atoms. The van der Waals surface area contributed by atoms with Crippen LogP contribution in [0.5, 0.6) is 11.5 Å². The first-order chi connectivity index (χ1) is 12.3. The number of carbonyl (C=O) groups is 2. The van der Waals surface area contributed by atoms with Crippen LogP contribution in [-0.4, -0.2) is 48.6 Å². The molecular weight excluding hydrogens is 353 g/mol. The van der Waals surface area contributed by atoms with Crippen LogP contribution in [-0.2, 0) is 9.59 Å². The van der Waals surface area contributed by atoms with Gasteiger partial charge in [0.25, 0.3) is 5.78 Å². The van der Waals surface area contributed by atoms with Gasteiger partial charge in [0.1, 0.15) is 19.3 Å². The van der Waals surface area contributed by atoms with E-state index in [2.05, 4.69) is 5.32 Å². The van der Waals surface area contributed by atoms with Crippen LogP contribution in [0.1, 0.15) is 12.8 Å². The summed E-state index contributed by atoms with van der Waals surface area (Å²) in [5.41, 5.74) is 0.501. The molecule has 0 aliphatic carbocycles. The lowest BCUT2D eigenvalue weighted by Crippen LogP contribution is -2.36. The molecule has 0 saturated carbocycles. The van der Waals surface area contributed by atoms with Crippen molar-refractivity contribution in [3.63, 3.8) is 0 Å². The molecule has 1 unspecified atom stereocenters. The molecule has 6 nitrogen and oxygen atoms in total. The van der Waals surface area contributed by atoms with Crippen LogP contribution in [0.4, 0.5) is 18.9 Å². The maximum Gasteiger partial charge on any atom is 0.454 e. The van der Waals surface area contributed by atoms with Gasteiger partial charge >= 0.3 is 6.18 Å². The van der Waals surface area contributed by atoms with Crippen LogP contribution in [0.2, 0.25) is 0 Å². The van der Waals surface area contributed by atoms with Gasteiger partial charge in [-0.3, -0.25) is 9.59 Å². The van der Waals surface area contributed by atoms with Gasteiger partial charge in [0.2, 0.25) is 5.91 Å². The van der Waals surface area contributed by atoms with E-state index in [4.69, 9.17) is 9.47 Å². The van der Waals surface area contributed by atoms with Crippen molar-refractivity contribution >= 4 is 17.4 Å². The topological polar surface area (TPSA) is 67.9 Å². The van der Waals surface area contributed by atoms with Crippen LogP contribution in [0.25, 0.3) is 0 Å². The Morgan fingerprint density at radius 2 is 1.92 bits per heavy atom. The Bertz CT molecular complexity index is 733. The lowest BCUT2D eigenvalue weighted by atomic mass is 10.2. The molecule has 2 aliphatic rings. The van der Waals surface area contributed by atoms with Gasteiger partial charge in [0.15, 0.2) is 11.5 Å². The second kappa shape index (κ2) is 7.27. The minimum atomic E-state index is -4.92. The van der Waals surface area contributed by atoms with Crippen molar-refractivity contribution in [3.05, 3.63) is 30.5 Å². The fourth-order valence-corrected chi connectivity index (χ4v) is 2.85. The third kappa shape index (κ3) is 4.09. The molecule has 1 amide bonds. The minimum absolute atomic E-state index is 0.358. The van der Waals surface area contributed by atoms with Gasteiger partial charge in [0, 0.05) is 30.6 Å². The predicted molar refractivity (Wildman–Crippen MR) is 86.0 cm³/mol. The zero-order chi connectivity index (χ0) is 18.7. The summed E-state index contributed by atoms with van der Waals surface area (Å²) < 4.78 is 47.7. The van der Waals surface area contributed by atoms with Crippen molar-refractivity contribution < 1.29 is 32.2 Å². The van der Waals surface area contributed by atoms with Crippen LogP contribution in [0.15, 0.2) is 30.5 Å². The van der Waals surface area contributed by atoms with E-state index in [-0.39, 0.29) is 5.91 Å². The van der Waals surface area contributed by atoms with Crippen molar-refractivity contribution in [1.82, 2.24) is 4.90 Å². The first-order valence-corrected chi connectivity index (χ1v) is 8.10. The summed E-state index contributed by atoms with van der Waals surface area (Å²) in [6, 6.07) is 4.33. The zero-order valence-electron chi connectivity index (χ0n) is 13.7. The highest BCUT2D eigenvalue weighted by Crippen LogP contribution is 2.33. The number of anilines is 1. The van der Waals surface area contributed by atoms with Gasteiger partial charge in [-0.25, -0.2) is 0 Å². The number of rotatable bonds is 4. The highest BCUT2D eigenvalue weighted by Gasteiger charge is 2.37. The molecule has 2 heterocycles. The van der Waals surface area contributed by atoms with E-state index in [9.17, 15) is 22.8 Å². The maximum atomic E-state index is 12.5. The number of ether oxygens (including phenoxy) is 2. The monoisotopic (exact) mass is 370 g/mol. The van der Waals surface area contributed by atoms with E-state index in [1.807, 2.05) is 0 Å². The molecule has 0 aromatic heterocycles. The van der Waals surface area contributed by atoms with E-state index in [1.165, 1.54) is 4.90 Å². The zero-order valence-corrected chi connectivity index (χ0v) is 13.7. The number of carbonyl (C=O) groups excluding carboxylic acids is 2. The number of hydrogen-bond acceptors (Lipinski definition) is 5. The highest BCUT2D eigenvalue weighted by atomic mass is 19.4. The summed E-state index contributed by atoms with van der Waals surface area (Å²) >= 11 is 0. The van der Waals surface area contributed by atoms with E-state index in [1.54, 1.807) is 18.2 Å². The molecule has 0 bridgehead atoms. The standard InChI is InChI=1S/C17H17F3N2O4/c18-17(19,20)15(23)5-7-22-6-1-2-12(22)16(24)21-11-3-4-13-14(10-11)26-9-8-25-13/h3-5,7,10,12H,1-2,6,8-9H2,(H,21,24)/b7-5+. The molecule has 1 saturated heterocycles. The van der Waals surface area contributed by atoms with Gasteiger partial charge in [0.05, 0.1) is 0 Å². The van der Waals surface area contributed by atoms with Crippen molar-refractivity contribution in [3.8, 4) is 11.5 Å². The van der Waals surface area contributed by atoms with Crippen molar-refractivity contribution in [2.24, 2.45) is 0 Å². The average Bonchev–Trinajstić information content (AvgIpc) is 3.07. The molecule has 1 aromatic rings. The summed E-state index contributed by atoms with van der Waals surface area (Å²) in [7, 11) is 0. The van der Waals surface area contributed by atoms with Crippen molar-refractivity contribution in [1.29, 1.82) is 0 Å². The third-order valence-corrected chi connectivity index (χ3v) is 4.10. The summed E-state index contributed by atoms with van der Waals surface area (Å²) in [6.45, 7) is 1.28. The second-order valence-corrected chi connectivity index (χ2v) is 5.92. The van der Waals surface area contributed by atoms with Gasteiger partial charge in [-0.1, -0.05) is 0 Å². The molecular formula is C17H17F3N2O4. The summed E-state index contributed by atoms with van der Waals surface area (Å²) in [4.78, 5) is 24.9. The lowest BCUT2D eigenvalue weighted by molar-refractivity contribution is -0.165. The molecule has 9 heteroatoms. The van der Waals surface area contributed by atoms with E-state index < -0.39 is 18.0 Å². The predicted octanol–water partition coefficient (Wildman–Crippen LogP) is 2.51. The number of amides is 1. The second-order valence-electron chi connectivity index (χ2n) is 5.92. The van der Waals surface area contributed by atoms with Gasteiger partial charge in [-0.2, -0.15) is 13.2 Å². The van der Waals surface area contributed by atoms with E-state index >= 15 is 0 Å². The van der Waals surface area contributed by atoms with E-state index in [0.29, 0.717) is 55.9 Å². The Kier molecular flexibility index (Phi) is 5.06. The summed E-state index contributed by atoms with van der Waals surface area (Å²) in [6.07, 6.45) is -2.30. The summed E-state index contributed by atoms with van der Waals surface area (Å²) in [5, 5.41) is 2.72. The van der Waals surface area contributed by atoms with Gasteiger partial charge in [-0.05, 0) is 25.0 Å². The fraction of sp³-hybridized carbons (Fsp3) is 0.412. The average molecular weight is 370 g/mol. The Morgan fingerprint density at radius 1 is 1.19 bits per heavy atom. The fourth-order valence-electron chi connectivity index (χ4n) is 2.85. The molecule has 1 N–H and O–H groups in total. The SMILES string of the molecule is O=C(Nc1ccc2c(c1)OCCO2)C1CCCN1/C=C/C(=O)C(F)(F)F. The smallest absolute Gasteiger partial charge is 0.454 e. The van der Waals surface area contributed by atoms with Crippen molar-refractivity contribution in [2.45, 2.75) is 25.1 Å². The maximum absolute atomic E-state index is 12.5. The number of benzene rings is 1. The van der Waals surface area contributed by atoms with Crippen LogP contribution in [0, 0.1) is 0 Å². The summed E-state index contributed by atoms with van der Waals surface area (Å²) in [5.74, 6) is -1.20. The van der Waals surface area contributed by atoms with Crippen molar-refractivity contribution in [2.75, 3.05) is 25.1 Å². The number of ketones is 1. The number of nitrogens with zero attached hydrogens (tertiary/aromatic N) is 1. The molecule has 3 rings (SSSR count). The normalized spacial score (nSPS) is 19.7. The number of allylic oxidation sites excluding steroid dienone is 1. The number of fused-ring (bicyclic) bond motifs is 1. The number of alkyl halides is 3. The third-order valence-electron chi connectivity index (χ3n) is 4.10. The molecule has 0 spiro atoms. The number of hydrogen-bond donors (Lipinski definition) is 1. The van der Waals surface area contributed by atoms with Crippen LogP contribution in [0.3, 0.4) is 0 Å². The molecule has 1 atom stereocenters. The first kappa shape index (κ1) is 18.1. The lowest BCUT2D eigenvalue weighted by Gasteiger charge is -2.23. The van der Waals surface area contributed by atoms with Crippen LogP contribution >= 0.6 is 0 Å². The molecule has 2 aliphatic heterocycles. The quantitative estimate of drug-likeness (QED) is 0.825. The Balaban J connectivity index is 1.65. The van der Waals surface area contributed by atoms with Gasteiger partial charge < -0.3 is 19.7 Å². The number of likely N-dealkylation sites (tertiary alicyclic amines) is 1. The minimum Gasteiger partial charge on any atom is -0.486 e. The Labute approximate surface area is 147 Å². The first-order valence-electron chi connectivity index (χ1n) is 8.10. The number of nitrogens with one attached hydrogen (secondary N) is 1. The Morgan fingerprint density at radius 3 is 2.65 bits per heavy atom. The molecule has 1 fully saturated rings. The highest BCUT2D eigenvalue weighted by molar-refractivity contribution is 5.96. The van der Waals surface area contributed by atoms with E-state index in [0.717, 1.165) is 6.20 Å². The number of halogens is 3. The Hall–Kier alpha value is -2.71. The molecule has 1 aromatic carbocycles. The van der Waals surface area contributed by atoms with Gasteiger partial charge in [-0.15, -0.1) is 0 Å². The van der Waals surface area contributed by atoms with Crippen LogP contribution < -0.4 is 14.8 Å². The largest absolute Gasteiger partial charge is 0.486 e. The molecule has 0 radical (unpaired) electrons. The molecule has 140 valence electrons.